The van der Waals surface area contributed by atoms with Crippen molar-refractivity contribution < 1.29 is 0 Å². The van der Waals surface area contributed by atoms with Crippen molar-refractivity contribution in [2.45, 2.75) is 17.6 Å². The van der Waals surface area contributed by atoms with Gasteiger partial charge in [-0.25, -0.2) is 0 Å². The van der Waals surface area contributed by atoms with Gasteiger partial charge in [-0.05, 0) is 31.2 Å². The van der Waals surface area contributed by atoms with E-state index in [1.807, 2.05) is 36.9 Å². The average Bonchev–Trinajstić information content (AvgIpc) is 2.56. The summed E-state index contributed by atoms with van der Waals surface area (Å²) in [6.45, 7) is 2.00. The van der Waals surface area contributed by atoms with Gasteiger partial charge in [-0.1, -0.05) is 15.9 Å². The van der Waals surface area contributed by atoms with Gasteiger partial charge in [0.15, 0.2) is 0 Å². The molecule has 17 heavy (non-hydrogen) atoms. The number of nitrogens with zero attached hydrogens (tertiary/aromatic N) is 2. The first-order valence-corrected chi connectivity index (χ1v) is 7.01. The number of benzene rings is 1. The number of hydrogen-bond acceptors (Lipinski definition) is 3. The van der Waals surface area contributed by atoms with Gasteiger partial charge in [-0.2, -0.15) is 5.10 Å². The lowest BCUT2D eigenvalue weighted by molar-refractivity contribution is 0.727. The first-order valence-electron chi connectivity index (χ1n) is 5.23. The van der Waals surface area contributed by atoms with E-state index in [2.05, 4.69) is 27.1 Å². The van der Waals surface area contributed by atoms with Crippen LogP contribution in [-0.4, -0.2) is 9.78 Å². The molecule has 2 N–H and O–H groups in total. The first kappa shape index (κ1) is 12.5. The Labute approximate surface area is 114 Å². The molecule has 0 aliphatic rings. The van der Waals surface area contributed by atoms with Crippen LogP contribution in [0.2, 0.25) is 0 Å². The summed E-state index contributed by atoms with van der Waals surface area (Å²) in [4.78, 5) is 1.10. The molecule has 0 aliphatic heterocycles. The lowest BCUT2D eigenvalue weighted by Gasteiger charge is -2.06. The molecule has 0 saturated carbocycles. The minimum Gasteiger partial charge on any atom is -0.398 e. The molecule has 0 aliphatic carbocycles. The number of aromatic nitrogens is 2. The van der Waals surface area contributed by atoms with Crippen molar-refractivity contribution >= 4 is 33.4 Å². The van der Waals surface area contributed by atoms with Crippen LogP contribution in [0.1, 0.15) is 11.4 Å². The van der Waals surface area contributed by atoms with E-state index in [1.165, 1.54) is 5.69 Å². The molecule has 0 fully saturated rings. The third kappa shape index (κ3) is 3.04. The van der Waals surface area contributed by atoms with Crippen LogP contribution in [0.5, 0.6) is 0 Å². The summed E-state index contributed by atoms with van der Waals surface area (Å²) in [5.41, 5.74) is 9.02. The fourth-order valence-corrected chi connectivity index (χ4v) is 2.94. The third-order valence-corrected chi connectivity index (χ3v) is 4.06. The van der Waals surface area contributed by atoms with Gasteiger partial charge in [0.2, 0.25) is 0 Å². The van der Waals surface area contributed by atoms with E-state index in [0.717, 1.165) is 26.5 Å². The number of thioether (sulfide) groups is 1. The summed E-state index contributed by atoms with van der Waals surface area (Å²) in [7, 11) is 1.97. The van der Waals surface area contributed by atoms with Crippen LogP contribution in [0.4, 0.5) is 5.69 Å². The maximum atomic E-state index is 5.96. The lowest BCUT2D eigenvalue weighted by atomic mass is 10.3. The minimum absolute atomic E-state index is 0.809. The normalized spacial score (nSPS) is 10.8. The average molecular weight is 312 g/mol. The monoisotopic (exact) mass is 311 g/mol. The van der Waals surface area contributed by atoms with Gasteiger partial charge in [-0.3, -0.25) is 4.68 Å². The Bertz CT molecular complexity index is 537. The summed E-state index contributed by atoms with van der Waals surface area (Å²) in [6, 6.07) is 8.07. The predicted molar refractivity (Wildman–Crippen MR) is 76.1 cm³/mol. The van der Waals surface area contributed by atoms with E-state index in [1.54, 1.807) is 11.8 Å². The standard InChI is InChI=1S/C12H14BrN3S/c1-8-5-10(16(2)15-8)7-17-12-4-3-9(13)6-11(12)14/h3-6H,7,14H2,1-2H3. The number of nitrogens with two attached hydrogens (primary N) is 1. The molecule has 0 spiro atoms. The fraction of sp³-hybridized carbons (Fsp3) is 0.250. The summed E-state index contributed by atoms with van der Waals surface area (Å²) in [5.74, 6) is 0.878. The first-order chi connectivity index (χ1) is 8.06. The molecular formula is C12H14BrN3S. The second-order valence-corrected chi connectivity index (χ2v) is 5.80. The van der Waals surface area contributed by atoms with Gasteiger partial charge in [0, 0.05) is 33.6 Å². The number of anilines is 1. The van der Waals surface area contributed by atoms with E-state index in [9.17, 15) is 0 Å². The van der Waals surface area contributed by atoms with E-state index in [0.29, 0.717) is 0 Å². The Hall–Kier alpha value is -0.940. The number of halogens is 1. The van der Waals surface area contributed by atoms with E-state index < -0.39 is 0 Å². The van der Waals surface area contributed by atoms with E-state index >= 15 is 0 Å². The largest absolute Gasteiger partial charge is 0.398 e. The second kappa shape index (κ2) is 5.14. The fourth-order valence-electron chi connectivity index (χ4n) is 1.60. The molecule has 1 aromatic carbocycles. The number of rotatable bonds is 3. The molecule has 5 heteroatoms. The SMILES string of the molecule is Cc1cc(CSc2ccc(Br)cc2N)n(C)n1. The maximum absolute atomic E-state index is 5.96. The highest BCUT2D eigenvalue weighted by atomic mass is 79.9. The number of aryl methyl sites for hydroxylation is 2. The third-order valence-electron chi connectivity index (χ3n) is 2.45. The molecule has 2 aromatic rings. The molecule has 0 unspecified atom stereocenters. The van der Waals surface area contributed by atoms with Crippen molar-refractivity contribution in [2.24, 2.45) is 7.05 Å². The van der Waals surface area contributed by atoms with Crippen LogP contribution in [0, 0.1) is 6.92 Å². The molecule has 3 nitrogen and oxygen atoms in total. The highest BCUT2D eigenvalue weighted by Crippen LogP contribution is 2.30. The van der Waals surface area contributed by atoms with Crippen molar-refractivity contribution in [2.75, 3.05) is 5.73 Å². The van der Waals surface area contributed by atoms with Crippen LogP contribution < -0.4 is 5.73 Å². The number of hydrogen-bond donors (Lipinski definition) is 1. The van der Waals surface area contributed by atoms with E-state index in [4.69, 9.17) is 5.73 Å². The smallest absolute Gasteiger partial charge is 0.0596 e. The van der Waals surface area contributed by atoms with Crippen LogP contribution >= 0.6 is 27.7 Å². The van der Waals surface area contributed by atoms with Crippen molar-refractivity contribution in [1.29, 1.82) is 0 Å². The van der Waals surface area contributed by atoms with Gasteiger partial charge in [0.1, 0.15) is 0 Å². The van der Waals surface area contributed by atoms with Gasteiger partial charge in [0.25, 0.3) is 0 Å². The Morgan fingerprint density at radius 1 is 1.41 bits per heavy atom. The molecule has 0 amide bonds. The number of nitrogen functional groups attached to an aromatic ring is 1. The molecule has 0 bridgehead atoms. The predicted octanol–water partition coefficient (Wildman–Crippen LogP) is 3.37. The summed E-state index contributed by atoms with van der Waals surface area (Å²) >= 11 is 5.13. The zero-order chi connectivity index (χ0) is 12.4. The lowest BCUT2D eigenvalue weighted by Crippen LogP contribution is -1.96. The molecule has 0 radical (unpaired) electrons. The van der Waals surface area contributed by atoms with Crippen LogP contribution in [0.25, 0.3) is 0 Å². The minimum atomic E-state index is 0.809. The Morgan fingerprint density at radius 2 is 2.18 bits per heavy atom. The van der Waals surface area contributed by atoms with Gasteiger partial charge in [0.05, 0.1) is 5.69 Å². The van der Waals surface area contributed by atoms with Crippen LogP contribution in [0.3, 0.4) is 0 Å². The molecule has 1 heterocycles. The van der Waals surface area contributed by atoms with Crippen molar-refractivity contribution in [1.82, 2.24) is 9.78 Å². The molecule has 2 rings (SSSR count). The molecular weight excluding hydrogens is 298 g/mol. The highest BCUT2D eigenvalue weighted by molar-refractivity contribution is 9.10. The van der Waals surface area contributed by atoms with Gasteiger partial charge >= 0.3 is 0 Å². The van der Waals surface area contributed by atoms with Gasteiger partial charge < -0.3 is 5.73 Å². The molecule has 0 atom stereocenters. The van der Waals surface area contributed by atoms with Crippen molar-refractivity contribution in [3.63, 3.8) is 0 Å². The van der Waals surface area contributed by atoms with Gasteiger partial charge in [-0.15, -0.1) is 11.8 Å². The van der Waals surface area contributed by atoms with Crippen LogP contribution in [-0.2, 0) is 12.8 Å². The zero-order valence-corrected chi connectivity index (χ0v) is 12.2. The van der Waals surface area contributed by atoms with E-state index in [-0.39, 0.29) is 0 Å². The highest BCUT2D eigenvalue weighted by Gasteiger charge is 2.05. The maximum Gasteiger partial charge on any atom is 0.0596 e. The molecule has 0 saturated heterocycles. The van der Waals surface area contributed by atoms with Crippen molar-refractivity contribution in [3.8, 4) is 0 Å². The van der Waals surface area contributed by atoms with Crippen LogP contribution in [0.15, 0.2) is 33.6 Å². The molecule has 90 valence electrons. The van der Waals surface area contributed by atoms with Crippen molar-refractivity contribution in [3.05, 3.63) is 40.1 Å². The Morgan fingerprint density at radius 3 is 2.76 bits per heavy atom. The Kier molecular flexibility index (Phi) is 3.79. The summed E-state index contributed by atoms with van der Waals surface area (Å²) in [6.07, 6.45) is 0. The quantitative estimate of drug-likeness (QED) is 0.698. The zero-order valence-electron chi connectivity index (χ0n) is 9.77. The molecule has 1 aromatic heterocycles. The topological polar surface area (TPSA) is 43.8 Å². The second-order valence-electron chi connectivity index (χ2n) is 3.87. The Balaban J connectivity index is 2.10. The summed E-state index contributed by atoms with van der Waals surface area (Å²) in [5, 5.41) is 4.32. The summed E-state index contributed by atoms with van der Waals surface area (Å²) < 4.78 is 2.92.